The summed E-state index contributed by atoms with van der Waals surface area (Å²) in [4.78, 5) is 4.26. The van der Waals surface area contributed by atoms with Crippen LogP contribution < -0.4 is 5.32 Å². The average molecular weight is 190 g/mol. The minimum absolute atomic E-state index is 0.537. The van der Waals surface area contributed by atoms with Crippen LogP contribution in [0.15, 0.2) is 18.3 Å². The molecule has 0 unspecified atom stereocenters. The lowest BCUT2D eigenvalue weighted by Gasteiger charge is -2.43. The summed E-state index contributed by atoms with van der Waals surface area (Å²) in [7, 11) is 0. The van der Waals surface area contributed by atoms with Crippen molar-refractivity contribution in [2.24, 2.45) is 5.41 Å². The van der Waals surface area contributed by atoms with E-state index in [1.54, 1.807) is 0 Å². The molecule has 1 fully saturated rings. The van der Waals surface area contributed by atoms with E-state index < -0.39 is 0 Å². The largest absolute Gasteiger partial charge is 0.381 e. The Labute approximate surface area is 85.7 Å². The molecule has 1 aliphatic carbocycles. The summed E-state index contributed by atoms with van der Waals surface area (Å²) in [5.41, 5.74) is 2.76. The van der Waals surface area contributed by atoms with Gasteiger partial charge in [-0.3, -0.25) is 4.98 Å². The van der Waals surface area contributed by atoms with Gasteiger partial charge in [-0.25, -0.2) is 0 Å². The standard InChI is InChI=1S/C12H18N2/c1-9-4-5-10(8-13-9)14-11-6-12(2,3)7-11/h4-5,8,11,14H,6-7H2,1-3H3. The zero-order chi connectivity index (χ0) is 10.2. The van der Waals surface area contributed by atoms with Gasteiger partial charge in [-0.1, -0.05) is 13.8 Å². The molecule has 1 N–H and O–H groups in total. The van der Waals surface area contributed by atoms with Gasteiger partial charge in [-0.15, -0.1) is 0 Å². The van der Waals surface area contributed by atoms with Crippen molar-refractivity contribution >= 4 is 5.69 Å². The molecule has 1 aromatic rings. The summed E-state index contributed by atoms with van der Waals surface area (Å²) in [5, 5.41) is 3.50. The van der Waals surface area contributed by atoms with Gasteiger partial charge in [0.2, 0.25) is 0 Å². The number of anilines is 1. The van der Waals surface area contributed by atoms with Crippen molar-refractivity contribution in [3.63, 3.8) is 0 Å². The lowest BCUT2D eigenvalue weighted by molar-refractivity contribution is 0.167. The van der Waals surface area contributed by atoms with Crippen LogP contribution >= 0.6 is 0 Å². The van der Waals surface area contributed by atoms with E-state index in [0.717, 1.165) is 11.4 Å². The van der Waals surface area contributed by atoms with Crippen LogP contribution in [0.25, 0.3) is 0 Å². The van der Waals surface area contributed by atoms with Crippen molar-refractivity contribution in [2.45, 2.75) is 39.7 Å². The fraction of sp³-hybridized carbons (Fsp3) is 0.583. The monoisotopic (exact) mass is 190 g/mol. The van der Waals surface area contributed by atoms with Crippen LogP contribution in [0.4, 0.5) is 5.69 Å². The third-order valence-electron chi connectivity index (χ3n) is 2.88. The predicted molar refractivity (Wildman–Crippen MR) is 59.4 cm³/mol. The molecular formula is C12H18N2. The maximum atomic E-state index is 4.26. The molecule has 2 nitrogen and oxygen atoms in total. The third-order valence-corrected chi connectivity index (χ3v) is 2.88. The molecule has 1 heterocycles. The molecule has 0 spiro atoms. The fourth-order valence-electron chi connectivity index (χ4n) is 2.17. The second-order valence-electron chi connectivity index (χ2n) is 5.10. The van der Waals surface area contributed by atoms with E-state index in [9.17, 15) is 0 Å². The maximum Gasteiger partial charge on any atom is 0.0529 e. The maximum absolute atomic E-state index is 4.26. The van der Waals surface area contributed by atoms with Crippen molar-refractivity contribution in [2.75, 3.05) is 5.32 Å². The number of hydrogen-bond donors (Lipinski definition) is 1. The van der Waals surface area contributed by atoms with E-state index >= 15 is 0 Å². The average Bonchev–Trinajstić information content (AvgIpc) is 2.06. The van der Waals surface area contributed by atoms with Gasteiger partial charge >= 0.3 is 0 Å². The van der Waals surface area contributed by atoms with Crippen LogP contribution in [0.3, 0.4) is 0 Å². The van der Waals surface area contributed by atoms with Crippen molar-refractivity contribution in [3.05, 3.63) is 24.0 Å². The SMILES string of the molecule is Cc1ccc(NC2CC(C)(C)C2)cn1. The van der Waals surface area contributed by atoms with Crippen LogP contribution in [-0.4, -0.2) is 11.0 Å². The first-order chi connectivity index (χ1) is 6.55. The summed E-state index contributed by atoms with van der Waals surface area (Å²) >= 11 is 0. The highest BCUT2D eigenvalue weighted by Crippen LogP contribution is 2.41. The molecule has 0 radical (unpaired) electrons. The number of pyridine rings is 1. The van der Waals surface area contributed by atoms with Gasteiger partial charge in [0, 0.05) is 11.7 Å². The molecule has 0 bridgehead atoms. The highest BCUT2D eigenvalue weighted by Gasteiger charge is 2.35. The van der Waals surface area contributed by atoms with E-state index in [2.05, 4.69) is 30.2 Å². The second-order valence-corrected chi connectivity index (χ2v) is 5.10. The first-order valence-corrected chi connectivity index (χ1v) is 5.24. The van der Waals surface area contributed by atoms with Gasteiger partial charge in [-0.2, -0.15) is 0 Å². The molecular weight excluding hydrogens is 172 g/mol. The van der Waals surface area contributed by atoms with Crippen molar-refractivity contribution in [3.8, 4) is 0 Å². The molecule has 1 aliphatic rings. The highest BCUT2D eigenvalue weighted by molar-refractivity contribution is 5.42. The molecule has 0 aliphatic heterocycles. The van der Waals surface area contributed by atoms with Crippen LogP contribution in [0.5, 0.6) is 0 Å². The van der Waals surface area contributed by atoms with Gasteiger partial charge in [0.25, 0.3) is 0 Å². The number of nitrogens with one attached hydrogen (secondary N) is 1. The molecule has 0 aromatic carbocycles. The molecule has 14 heavy (non-hydrogen) atoms. The van der Waals surface area contributed by atoms with E-state index in [1.165, 1.54) is 12.8 Å². The summed E-state index contributed by atoms with van der Waals surface area (Å²) in [6.45, 7) is 6.65. The van der Waals surface area contributed by atoms with E-state index in [-0.39, 0.29) is 0 Å². The molecule has 0 saturated heterocycles. The predicted octanol–water partition coefficient (Wildman–Crippen LogP) is 2.99. The normalized spacial score (nSPS) is 20.2. The Hall–Kier alpha value is -1.05. The van der Waals surface area contributed by atoms with Gasteiger partial charge in [0.05, 0.1) is 11.9 Å². The Bertz CT molecular complexity index is 306. The fourth-order valence-corrected chi connectivity index (χ4v) is 2.17. The topological polar surface area (TPSA) is 24.9 Å². The molecule has 2 rings (SSSR count). The Morgan fingerprint density at radius 1 is 1.36 bits per heavy atom. The minimum Gasteiger partial charge on any atom is -0.381 e. The van der Waals surface area contributed by atoms with Crippen molar-refractivity contribution in [1.82, 2.24) is 4.98 Å². The second kappa shape index (κ2) is 3.26. The lowest BCUT2D eigenvalue weighted by Crippen LogP contribution is -2.41. The zero-order valence-electron chi connectivity index (χ0n) is 9.17. The van der Waals surface area contributed by atoms with E-state index in [1.807, 2.05) is 19.2 Å². The van der Waals surface area contributed by atoms with Gasteiger partial charge in [-0.05, 0) is 37.3 Å². The number of aromatic nitrogens is 1. The van der Waals surface area contributed by atoms with E-state index in [0.29, 0.717) is 11.5 Å². The van der Waals surface area contributed by atoms with Gasteiger partial charge in [0.15, 0.2) is 0 Å². The van der Waals surface area contributed by atoms with Gasteiger partial charge in [0.1, 0.15) is 0 Å². The quantitative estimate of drug-likeness (QED) is 0.775. The van der Waals surface area contributed by atoms with Crippen molar-refractivity contribution in [1.29, 1.82) is 0 Å². The van der Waals surface area contributed by atoms with Crippen LogP contribution in [0, 0.1) is 12.3 Å². The number of hydrogen-bond acceptors (Lipinski definition) is 2. The molecule has 76 valence electrons. The molecule has 1 aromatic heterocycles. The summed E-state index contributed by atoms with van der Waals surface area (Å²) in [6.07, 6.45) is 4.45. The van der Waals surface area contributed by atoms with Gasteiger partial charge < -0.3 is 5.32 Å². The third kappa shape index (κ3) is 2.06. The van der Waals surface area contributed by atoms with E-state index in [4.69, 9.17) is 0 Å². The first kappa shape index (κ1) is 9.50. The Morgan fingerprint density at radius 2 is 2.07 bits per heavy atom. The zero-order valence-corrected chi connectivity index (χ0v) is 9.17. The smallest absolute Gasteiger partial charge is 0.0529 e. The number of aryl methyl sites for hydroxylation is 1. The minimum atomic E-state index is 0.537. The van der Waals surface area contributed by atoms with Crippen molar-refractivity contribution < 1.29 is 0 Å². The summed E-state index contributed by atoms with van der Waals surface area (Å²) in [6, 6.07) is 4.80. The van der Waals surface area contributed by atoms with Crippen LogP contribution in [0.1, 0.15) is 32.4 Å². The molecule has 0 amide bonds. The molecule has 2 heteroatoms. The summed E-state index contributed by atoms with van der Waals surface area (Å²) < 4.78 is 0. The Morgan fingerprint density at radius 3 is 2.57 bits per heavy atom. The Balaban J connectivity index is 1.90. The van der Waals surface area contributed by atoms with Crippen LogP contribution in [0.2, 0.25) is 0 Å². The molecule has 0 atom stereocenters. The van der Waals surface area contributed by atoms with Crippen LogP contribution in [-0.2, 0) is 0 Å². The number of rotatable bonds is 2. The summed E-state index contributed by atoms with van der Waals surface area (Å²) in [5.74, 6) is 0. The molecule has 1 saturated carbocycles. The highest BCUT2D eigenvalue weighted by atomic mass is 15.0. The number of nitrogens with zero attached hydrogens (tertiary/aromatic N) is 1. The lowest BCUT2D eigenvalue weighted by atomic mass is 9.68. The Kier molecular flexibility index (Phi) is 2.22. The first-order valence-electron chi connectivity index (χ1n) is 5.24.